The third-order valence-electron chi connectivity index (χ3n) is 2.66. The van der Waals surface area contributed by atoms with E-state index in [1.54, 1.807) is 0 Å². The molecule has 4 N–H and O–H groups in total. The van der Waals surface area contributed by atoms with Gasteiger partial charge in [0.15, 0.2) is 0 Å². The van der Waals surface area contributed by atoms with Crippen molar-refractivity contribution >= 4 is 11.7 Å². The quantitative estimate of drug-likeness (QED) is 0.641. The van der Waals surface area contributed by atoms with E-state index in [-0.39, 0.29) is 17.4 Å². The fourth-order valence-corrected chi connectivity index (χ4v) is 1.40. The molecule has 0 aromatic carbocycles. The van der Waals surface area contributed by atoms with E-state index in [4.69, 9.17) is 5.73 Å². The van der Waals surface area contributed by atoms with Crippen molar-refractivity contribution in [2.75, 3.05) is 5.73 Å². The number of hydrogen-bond donors (Lipinski definition) is 3. The molecule has 1 amide bonds. The molecule has 1 atom stereocenters. The normalized spacial score (nSPS) is 23.1. The van der Waals surface area contributed by atoms with Crippen molar-refractivity contribution in [3.8, 4) is 0 Å². The van der Waals surface area contributed by atoms with E-state index in [0.717, 1.165) is 6.42 Å². The first-order chi connectivity index (χ1) is 6.49. The highest BCUT2D eigenvalue weighted by atomic mass is 16.2. The molecule has 5 nitrogen and oxygen atoms in total. The lowest BCUT2D eigenvalue weighted by Gasteiger charge is -2.04. The standard InChI is InChI=1S/C9H14N4O/c1-9(2)4-6(9)11-8(14)5-3-7(10)13-12-5/h3,6H,4H2,1-2H3,(H,11,14)(H3,10,12,13). The number of nitrogens with zero attached hydrogens (tertiary/aromatic N) is 1. The predicted molar refractivity (Wildman–Crippen MR) is 52.7 cm³/mol. The number of carbonyl (C=O) groups excluding carboxylic acids is 1. The van der Waals surface area contributed by atoms with Crippen LogP contribution in [0.25, 0.3) is 0 Å². The maximum absolute atomic E-state index is 11.6. The molecule has 0 spiro atoms. The summed E-state index contributed by atoms with van der Waals surface area (Å²) in [6, 6.07) is 1.81. The Morgan fingerprint density at radius 3 is 2.86 bits per heavy atom. The fourth-order valence-electron chi connectivity index (χ4n) is 1.40. The summed E-state index contributed by atoms with van der Waals surface area (Å²) in [4.78, 5) is 11.6. The van der Waals surface area contributed by atoms with Gasteiger partial charge in [-0.1, -0.05) is 13.8 Å². The molecule has 76 valence electrons. The monoisotopic (exact) mass is 194 g/mol. The third-order valence-corrected chi connectivity index (χ3v) is 2.66. The minimum Gasteiger partial charge on any atom is -0.382 e. The summed E-state index contributed by atoms with van der Waals surface area (Å²) in [5.41, 5.74) is 6.05. The number of amides is 1. The first-order valence-electron chi connectivity index (χ1n) is 4.61. The summed E-state index contributed by atoms with van der Waals surface area (Å²) >= 11 is 0. The highest BCUT2D eigenvalue weighted by molar-refractivity contribution is 5.93. The molecule has 14 heavy (non-hydrogen) atoms. The molecule has 1 aromatic rings. The number of H-pyrrole nitrogens is 1. The molecule has 0 saturated heterocycles. The molecule has 0 radical (unpaired) electrons. The Balaban J connectivity index is 1.97. The van der Waals surface area contributed by atoms with Gasteiger partial charge in [0.2, 0.25) is 0 Å². The predicted octanol–water partition coefficient (Wildman–Crippen LogP) is 0.520. The van der Waals surface area contributed by atoms with E-state index in [2.05, 4.69) is 29.4 Å². The van der Waals surface area contributed by atoms with Gasteiger partial charge in [-0.05, 0) is 11.8 Å². The third kappa shape index (κ3) is 1.57. The zero-order valence-corrected chi connectivity index (χ0v) is 8.29. The lowest BCUT2D eigenvalue weighted by atomic mass is 10.2. The summed E-state index contributed by atoms with van der Waals surface area (Å²) in [5.74, 6) is 0.204. The molecule has 0 bridgehead atoms. The van der Waals surface area contributed by atoms with Crippen molar-refractivity contribution in [2.45, 2.75) is 26.3 Å². The lowest BCUT2D eigenvalue weighted by Crippen LogP contribution is -2.28. The van der Waals surface area contributed by atoms with E-state index in [1.807, 2.05) is 0 Å². The van der Waals surface area contributed by atoms with Crippen LogP contribution in [0.2, 0.25) is 0 Å². The largest absolute Gasteiger partial charge is 0.382 e. The second-order valence-electron chi connectivity index (χ2n) is 4.43. The summed E-state index contributed by atoms with van der Waals surface area (Å²) < 4.78 is 0. The van der Waals surface area contributed by atoms with Crippen LogP contribution in [0.3, 0.4) is 0 Å². The van der Waals surface area contributed by atoms with Crippen molar-refractivity contribution < 1.29 is 4.79 Å². The molecule has 0 aliphatic heterocycles. The summed E-state index contributed by atoms with van der Waals surface area (Å²) in [6.45, 7) is 4.25. The van der Waals surface area contributed by atoms with Crippen molar-refractivity contribution in [1.82, 2.24) is 15.5 Å². The van der Waals surface area contributed by atoms with Crippen LogP contribution in [0.4, 0.5) is 5.82 Å². The molecule has 1 saturated carbocycles. The van der Waals surface area contributed by atoms with Crippen LogP contribution in [-0.4, -0.2) is 22.1 Å². The SMILES string of the molecule is CC1(C)CC1NC(=O)c1cc(N)n[nH]1. The van der Waals surface area contributed by atoms with Gasteiger partial charge in [-0.2, -0.15) is 5.10 Å². The maximum atomic E-state index is 11.6. The number of carbonyl (C=O) groups is 1. The number of hydrogen-bond acceptors (Lipinski definition) is 3. The first kappa shape index (κ1) is 9.05. The van der Waals surface area contributed by atoms with Crippen LogP contribution in [-0.2, 0) is 0 Å². The number of nitrogen functional groups attached to an aromatic ring is 1. The van der Waals surface area contributed by atoms with E-state index < -0.39 is 0 Å². The Hall–Kier alpha value is -1.52. The molecule has 1 unspecified atom stereocenters. The van der Waals surface area contributed by atoms with E-state index >= 15 is 0 Å². The Morgan fingerprint density at radius 1 is 1.79 bits per heavy atom. The number of rotatable bonds is 2. The molecule has 1 heterocycles. The Labute approximate surface area is 82.1 Å². The molecule has 5 heteroatoms. The lowest BCUT2D eigenvalue weighted by molar-refractivity contribution is 0.0941. The van der Waals surface area contributed by atoms with Gasteiger partial charge in [0.25, 0.3) is 5.91 Å². The van der Waals surface area contributed by atoms with Crippen LogP contribution in [0.1, 0.15) is 30.8 Å². The molecule has 1 aliphatic rings. The second kappa shape index (κ2) is 2.73. The fraction of sp³-hybridized carbons (Fsp3) is 0.556. The van der Waals surface area contributed by atoms with Crippen LogP contribution in [0.5, 0.6) is 0 Å². The van der Waals surface area contributed by atoms with Crippen LogP contribution in [0, 0.1) is 5.41 Å². The Morgan fingerprint density at radius 2 is 2.43 bits per heavy atom. The zero-order valence-electron chi connectivity index (χ0n) is 8.29. The summed E-state index contributed by atoms with van der Waals surface area (Å²) in [6.07, 6.45) is 1.03. The van der Waals surface area contributed by atoms with Crippen molar-refractivity contribution in [3.05, 3.63) is 11.8 Å². The molecular formula is C9H14N4O. The van der Waals surface area contributed by atoms with E-state index in [0.29, 0.717) is 11.5 Å². The number of aromatic amines is 1. The first-order valence-corrected chi connectivity index (χ1v) is 4.61. The average molecular weight is 194 g/mol. The van der Waals surface area contributed by atoms with Gasteiger partial charge in [0.05, 0.1) is 0 Å². The van der Waals surface area contributed by atoms with Crippen LogP contribution < -0.4 is 11.1 Å². The maximum Gasteiger partial charge on any atom is 0.269 e. The van der Waals surface area contributed by atoms with Gasteiger partial charge in [-0.25, -0.2) is 0 Å². The smallest absolute Gasteiger partial charge is 0.269 e. The number of nitrogens with two attached hydrogens (primary N) is 1. The number of nitrogens with one attached hydrogen (secondary N) is 2. The topological polar surface area (TPSA) is 83.8 Å². The van der Waals surface area contributed by atoms with Gasteiger partial charge in [0.1, 0.15) is 11.5 Å². The van der Waals surface area contributed by atoms with Gasteiger partial charge in [-0.3, -0.25) is 9.89 Å². The second-order valence-corrected chi connectivity index (χ2v) is 4.43. The van der Waals surface area contributed by atoms with E-state index in [1.165, 1.54) is 6.07 Å². The molecule has 1 aromatic heterocycles. The van der Waals surface area contributed by atoms with Crippen LogP contribution >= 0.6 is 0 Å². The van der Waals surface area contributed by atoms with Gasteiger partial charge < -0.3 is 11.1 Å². The van der Waals surface area contributed by atoms with Crippen molar-refractivity contribution in [1.29, 1.82) is 0 Å². The minimum absolute atomic E-state index is 0.134. The number of anilines is 1. The van der Waals surface area contributed by atoms with Gasteiger partial charge >= 0.3 is 0 Å². The Bertz CT molecular complexity index is 369. The van der Waals surface area contributed by atoms with Crippen LogP contribution in [0.15, 0.2) is 6.07 Å². The Kier molecular flexibility index (Phi) is 1.77. The molecular weight excluding hydrogens is 180 g/mol. The molecule has 1 aliphatic carbocycles. The average Bonchev–Trinajstić information content (AvgIpc) is 2.52. The minimum atomic E-state index is -0.134. The van der Waals surface area contributed by atoms with Crippen molar-refractivity contribution in [2.24, 2.45) is 5.41 Å². The summed E-state index contributed by atoms with van der Waals surface area (Å²) in [5, 5.41) is 9.18. The summed E-state index contributed by atoms with van der Waals surface area (Å²) in [7, 11) is 0. The number of aromatic nitrogens is 2. The highest BCUT2D eigenvalue weighted by Gasteiger charge is 2.46. The van der Waals surface area contributed by atoms with Gasteiger partial charge in [0, 0.05) is 12.1 Å². The van der Waals surface area contributed by atoms with E-state index in [9.17, 15) is 4.79 Å². The zero-order chi connectivity index (χ0) is 10.3. The highest BCUT2D eigenvalue weighted by Crippen LogP contribution is 2.44. The molecule has 2 rings (SSSR count). The van der Waals surface area contributed by atoms with Gasteiger partial charge in [-0.15, -0.1) is 0 Å². The molecule has 1 fully saturated rings. The van der Waals surface area contributed by atoms with Crippen molar-refractivity contribution in [3.63, 3.8) is 0 Å².